The Labute approximate surface area is 119 Å². The van der Waals surface area contributed by atoms with Gasteiger partial charge in [0.05, 0.1) is 18.4 Å². The van der Waals surface area contributed by atoms with Crippen LogP contribution in [-0.4, -0.2) is 19.7 Å². The molecule has 0 fully saturated rings. The van der Waals surface area contributed by atoms with E-state index in [1.165, 1.54) is 15.9 Å². The van der Waals surface area contributed by atoms with Crippen LogP contribution in [0.4, 0.5) is 0 Å². The van der Waals surface area contributed by atoms with Crippen LogP contribution in [0.25, 0.3) is 10.2 Å². The van der Waals surface area contributed by atoms with Crippen molar-refractivity contribution in [3.63, 3.8) is 0 Å². The van der Waals surface area contributed by atoms with Gasteiger partial charge in [-0.2, -0.15) is 4.98 Å². The second-order valence-corrected chi connectivity index (χ2v) is 5.51. The summed E-state index contributed by atoms with van der Waals surface area (Å²) in [6, 6.07) is 0. The predicted molar refractivity (Wildman–Crippen MR) is 76.0 cm³/mol. The van der Waals surface area contributed by atoms with Crippen LogP contribution in [0.2, 0.25) is 0 Å². The van der Waals surface area contributed by atoms with E-state index in [4.69, 9.17) is 4.52 Å². The normalized spacial score (nSPS) is 11.3. The van der Waals surface area contributed by atoms with Crippen LogP contribution in [0.3, 0.4) is 0 Å². The van der Waals surface area contributed by atoms with Gasteiger partial charge in [-0.15, -0.1) is 11.3 Å². The first-order chi connectivity index (χ1) is 9.69. The van der Waals surface area contributed by atoms with Crippen molar-refractivity contribution in [2.45, 2.75) is 33.2 Å². The number of fused-ring (bicyclic) bond motifs is 1. The summed E-state index contributed by atoms with van der Waals surface area (Å²) < 4.78 is 7.30. The number of thiophene rings is 1. The molecular weight excluding hydrogens is 276 g/mol. The fourth-order valence-corrected chi connectivity index (χ4v) is 2.94. The topological polar surface area (TPSA) is 73.8 Å². The van der Waals surface area contributed by atoms with Crippen LogP contribution in [0.1, 0.15) is 30.6 Å². The first-order valence-corrected chi connectivity index (χ1v) is 7.31. The number of nitrogens with zero attached hydrogens (tertiary/aromatic N) is 4. The first-order valence-electron chi connectivity index (χ1n) is 6.43. The van der Waals surface area contributed by atoms with Crippen LogP contribution in [0, 0.1) is 6.92 Å². The molecule has 0 amide bonds. The lowest BCUT2D eigenvalue weighted by Crippen LogP contribution is -2.20. The van der Waals surface area contributed by atoms with Crippen molar-refractivity contribution in [2.24, 2.45) is 0 Å². The van der Waals surface area contributed by atoms with E-state index in [0.29, 0.717) is 16.4 Å². The smallest absolute Gasteiger partial charge is 0.271 e. The highest BCUT2D eigenvalue weighted by atomic mass is 32.1. The molecule has 3 rings (SSSR count). The van der Waals surface area contributed by atoms with Gasteiger partial charge in [0.15, 0.2) is 5.82 Å². The summed E-state index contributed by atoms with van der Waals surface area (Å²) in [6.07, 6.45) is 3.24. The molecule has 0 spiro atoms. The van der Waals surface area contributed by atoms with E-state index in [-0.39, 0.29) is 12.1 Å². The molecule has 0 saturated heterocycles. The zero-order chi connectivity index (χ0) is 14.1. The van der Waals surface area contributed by atoms with Gasteiger partial charge in [0.1, 0.15) is 4.70 Å². The zero-order valence-electron chi connectivity index (χ0n) is 11.3. The number of hydrogen-bond donors (Lipinski definition) is 0. The second kappa shape index (κ2) is 5.16. The molecule has 0 bridgehead atoms. The third-order valence-electron chi connectivity index (χ3n) is 3.01. The van der Waals surface area contributed by atoms with E-state index in [9.17, 15) is 4.79 Å². The van der Waals surface area contributed by atoms with Crippen LogP contribution >= 0.6 is 11.3 Å². The van der Waals surface area contributed by atoms with Crippen LogP contribution in [-0.2, 0) is 13.0 Å². The van der Waals surface area contributed by atoms with Crippen molar-refractivity contribution in [3.8, 4) is 0 Å². The summed E-state index contributed by atoms with van der Waals surface area (Å²) in [4.78, 5) is 20.9. The molecule has 0 radical (unpaired) electrons. The summed E-state index contributed by atoms with van der Waals surface area (Å²) in [5, 5.41) is 5.83. The monoisotopic (exact) mass is 290 g/mol. The Morgan fingerprint density at radius 1 is 1.45 bits per heavy atom. The molecule has 3 heterocycles. The van der Waals surface area contributed by atoms with Crippen LogP contribution in [0.5, 0.6) is 0 Å². The van der Waals surface area contributed by atoms with Gasteiger partial charge >= 0.3 is 0 Å². The highest BCUT2D eigenvalue weighted by Gasteiger charge is 2.11. The number of aromatic nitrogens is 4. The fraction of sp³-hybridized carbons (Fsp3) is 0.385. The third-order valence-corrected chi connectivity index (χ3v) is 4.08. The molecule has 6 nitrogen and oxygen atoms in total. The van der Waals surface area contributed by atoms with Crippen LogP contribution in [0.15, 0.2) is 21.0 Å². The van der Waals surface area contributed by atoms with Crippen LogP contribution < -0.4 is 5.56 Å². The van der Waals surface area contributed by atoms with Crippen molar-refractivity contribution in [2.75, 3.05) is 0 Å². The minimum Gasteiger partial charge on any atom is -0.339 e. The Kier molecular flexibility index (Phi) is 3.35. The molecule has 0 aliphatic heterocycles. The number of rotatable bonds is 4. The molecule has 0 N–H and O–H groups in total. The van der Waals surface area contributed by atoms with E-state index in [1.54, 1.807) is 6.33 Å². The zero-order valence-corrected chi connectivity index (χ0v) is 12.1. The quantitative estimate of drug-likeness (QED) is 0.736. The molecule has 3 aromatic heterocycles. The second-order valence-electron chi connectivity index (χ2n) is 4.63. The number of aryl methyl sites for hydroxylation is 2. The average Bonchev–Trinajstić information content (AvgIpc) is 3.02. The van der Waals surface area contributed by atoms with Gasteiger partial charge in [0.25, 0.3) is 5.56 Å². The molecule has 104 valence electrons. The van der Waals surface area contributed by atoms with Crippen molar-refractivity contribution < 1.29 is 4.52 Å². The largest absolute Gasteiger partial charge is 0.339 e. The highest BCUT2D eigenvalue weighted by Crippen LogP contribution is 2.19. The van der Waals surface area contributed by atoms with E-state index >= 15 is 0 Å². The first kappa shape index (κ1) is 13.0. The van der Waals surface area contributed by atoms with Gasteiger partial charge < -0.3 is 4.52 Å². The lowest BCUT2D eigenvalue weighted by atomic mass is 10.3. The lowest BCUT2D eigenvalue weighted by molar-refractivity contribution is 0.371. The standard InChI is InChI=1S/C13H14N4O2S/c1-3-4-10-15-9(16-19-10)5-17-7-14-11-8(2)6-20-12(11)13(17)18/h6-7H,3-5H2,1-2H3. The average molecular weight is 290 g/mol. The molecular formula is C13H14N4O2S. The third kappa shape index (κ3) is 2.24. The van der Waals surface area contributed by atoms with E-state index in [1.807, 2.05) is 19.2 Å². The minimum absolute atomic E-state index is 0.0602. The summed E-state index contributed by atoms with van der Waals surface area (Å²) in [6.45, 7) is 4.28. The van der Waals surface area contributed by atoms with Gasteiger partial charge in [-0.25, -0.2) is 4.98 Å². The Balaban J connectivity index is 1.94. The van der Waals surface area contributed by atoms with E-state index in [0.717, 1.165) is 23.9 Å². The van der Waals surface area contributed by atoms with Crippen molar-refractivity contribution in [1.82, 2.24) is 19.7 Å². The molecule has 0 atom stereocenters. The Morgan fingerprint density at radius 3 is 3.10 bits per heavy atom. The lowest BCUT2D eigenvalue weighted by Gasteiger charge is -2.01. The van der Waals surface area contributed by atoms with Gasteiger partial charge in [-0.1, -0.05) is 12.1 Å². The predicted octanol–water partition coefficient (Wildman–Crippen LogP) is 2.15. The molecule has 0 aromatic carbocycles. The molecule has 0 aliphatic rings. The van der Waals surface area contributed by atoms with Crippen molar-refractivity contribution >= 4 is 21.6 Å². The van der Waals surface area contributed by atoms with Gasteiger partial charge in [-0.05, 0) is 24.3 Å². The maximum Gasteiger partial charge on any atom is 0.271 e. The van der Waals surface area contributed by atoms with Gasteiger partial charge in [0, 0.05) is 6.42 Å². The summed E-state index contributed by atoms with van der Waals surface area (Å²) in [5.74, 6) is 1.11. The molecule has 7 heteroatoms. The molecule has 3 aromatic rings. The Bertz CT molecular complexity index is 802. The molecule has 20 heavy (non-hydrogen) atoms. The van der Waals surface area contributed by atoms with Crippen molar-refractivity contribution in [1.29, 1.82) is 0 Å². The highest BCUT2D eigenvalue weighted by molar-refractivity contribution is 7.17. The molecule has 0 unspecified atom stereocenters. The summed E-state index contributed by atoms with van der Waals surface area (Å²) in [5.41, 5.74) is 1.74. The summed E-state index contributed by atoms with van der Waals surface area (Å²) in [7, 11) is 0. The summed E-state index contributed by atoms with van der Waals surface area (Å²) >= 11 is 1.42. The maximum absolute atomic E-state index is 12.3. The Morgan fingerprint density at radius 2 is 2.30 bits per heavy atom. The molecule has 0 saturated carbocycles. The minimum atomic E-state index is -0.0602. The maximum atomic E-state index is 12.3. The molecule has 0 aliphatic carbocycles. The SMILES string of the molecule is CCCc1nc(Cn2cnc3c(C)csc3c2=O)no1. The Hall–Kier alpha value is -2.02. The van der Waals surface area contributed by atoms with Crippen molar-refractivity contribution in [3.05, 3.63) is 39.3 Å². The number of hydrogen-bond acceptors (Lipinski definition) is 6. The van der Waals surface area contributed by atoms with E-state index < -0.39 is 0 Å². The fourth-order valence-electron chi connectivity index (χ4n) is 2.00. The van der Waals surface area contributed by atoms with E-state index in [2.05, 4.69) is 15.1 Å². The van der Waals surface area contributed by atoms with Gasteiger partial charge in [-0.3, -0.25) is 9.36 Å². The van der Waals surface area contributed by atoms with Gasteiger partial charge in [0.2, 0.25) is 5.89 Å².